The van der Waals surface area contributed by atoms with E-state index in [0.29, 0.717) is 22.5 Å². The Hall–Kier alpha value is -2.30. The topological polar surface area (TPSA) is 38.9 Å². The Balaban J connectivity index is 2.19. The van der Waals surface area contributed by atoms with Crippen LogP contribution >= 0.6 is 0 Å². The van der Waals surface area contributed by atoms with E-state index in [-0.39, 0.29) is 0 Å². The number of benzene rings is 1. The van der Waals surface area contributed by atoms with Gasteiger partial charge in [-0.05, 0) is 24.3 Å². The maximum Gasteiger partial charge on any atom is 0.199 e. The molecule has 84 valence electrons. The highest BCUT2D eigenvalue weighted by atomic mass is 19.1. The van der Waals surface area contributed by atoms with Crippen LogP contribution in [0, 0.1) is 11.6 Å². The smallest absolute Gasteiger partial charge is 0.199 e. The van der Waals surface area contributed by atoms with Crippen LogP contribution in [0.2, 0.25) is 0 Å². The Morgan fingerprint density at radius 3 is 2.53 bits per heavy atom. The maximum atomic E-state index is 13.1. The number of halogens is 2. The summed E-state index contributed by atoms with van der Waals surface area (Å²) in [7, 11) is 0. The van der Waals surface area contributed by atoms with Gasteiger partial charge in [0.2, 0.25) is 0 Å². The predicted octanol–water partition coefficient (Wildman–Crippen LogP) is 3.17. The van der Waals surface area contributed by atoms with Crippen LogP contribution in [0.4, 0.5) is 8.78 Å². The average Bonchev–Trinajstić information content (AvgIpc) is 2.74. The Kier molecular flexibility index (Phi) is 2.11. The Morgan fingerprint density at radius 2 is 1.76 bits per heavy atom. The van der Waals surface area contributed by atoms with Crippen LogP contribution in [-0.2, 0) is 0 Å². The van der Waals surface area contributed by atoms with Gasteiger partial charge in [-0.25, -0.2) is 13.8 Å². The quantitative estimate of drug-likeness (QED) is 0.646. The summed E-state index contributed by atoms with van der Waals surface area (Å²) in [5, 5.41) is 0. The van der Waals surface area contributed by atoms with Crippen LogP contribution in [0.3, 0.4) is 0 Å². The monoisotopic (exact) mass is 232 g/mol. The van der Waals surface area contributed by atoms with Gasteiger partial charge < -0.3 is 4.42 Å². The molecule has 3 aromatic rings. The van der Waals surface area contributed by atoms with Crippen molar-refractivity contribution in [1.82, 2.24) is 9.97 Å². The van der Waals surface area contributed by atoms with Gasteiger partial charge in [0.15, 0.2) is 17.6 Å². The van der Waals surface area contributed by atoms with Gasteiger partial charge in [-0.2, -0.15) is 4.98 Å². The number of pyridine rings is 1. The van der Waals surface area contributed by atoms with E-state index in [1.54, 1.807) is 12.1 Å². The number of hydrogen-bond donors (Lipinski definition) is 0. The Labute approximate surface area is 94.7 Å². The number of rotatable bonds is 1. The molecule has 0 unspecified atom stereocenters. The van der Waals surface area contributed by atoms with Crippen LogP contribution in [-0.4, -0.2) is 9.97 Å². The summed E-state index contributed by atoms with van der Waals surface area (Å²) in [6, 6.07) is 6.54. The molecule has 17 heavy (non-hydrogen) atoms. The van der Waals surface area contributed by atoms with Crippen molar-refractivity contribution in [3.8, 4) is 11.3 Å². The van der Waals surface area contributed by atoms with Gasteiger partial charge in [-0.15, -0.1) is 0 Å². The van der Waals surface area contributed by atoms with Gasteiger partial charge in [-0.3, -0.25) is 0 Å². The summed E-state index contributed by atoms with van der Waals surface area (Å²) < 4.78 is 31.2. The lowest BCUT2D eigenvalue weighted by Gasteiger charge is -2.01. The second-order valence-corrected chi connectivity index (χ2v) is 3.53. The second-order valence-electron chi connectivity index (χ2n) is 3.53. The summed E-state index contributed by atoms with van der Waals surface area (Å²) in [5.41, 5.74) is 1.76. The summed E-state index contributed by atoms with van der Waals surface area (Å²) in [4.78, 5) is 8.03. The molecule has 0 atom stereocenters. The van der Waals surface area contributed by atoms with E-state index in [1.807, 2.05) is 0 Å². The first-order valence-electron chi connectivity index (χ1n) is 4.89. The number of hydrogen-bond acceptors (Lipinski definition) is 3. The van der Waals surface area contributed by atoms with Crippen molar-refractivity contribution in [3.63, 3.8) is 0 Å². The van der Waals surface area contributed by atoms with Crippen LogP contribution in [0.25, 0.3) is 22.5 Å². The van der Waals surface area contributed by atoms with Crippen molar-refractivity contribution in [2.75, 3.05) is 0 Å². The standard InChI is InChI=1S/C12H6F2N2O/c13-8-3-7(4-9(14)5-8)10-1-2-11-12(16-10)15-6-17-11/h1-6H. The molecule has 0 aliphatic carbocycles. The van der Waals surface area contributed by atoms with E-state index in [9.17, 15) is 8.78 Å². The van der Waals surface area contributed by atoms with E-state index >= 15 is 0 Å². The van der Waals surface area contributed by atoms with Crippen LogP contribution < -0.4 is 0 Å². The zero-order valence-corrected chi connectivity index (χ0v) is 8.52. The van der Waals surface area contributed by atoms with Gasteiger partial charge in [0, 0.05) is 11.6 Å². The first kappa shape index (κ1) is 9.89. The fraction of sp³-hybridized carbons (Fsp3) is 0. The number of oxazole rings is 1. The fourth-order valence-corrected chi connectivity index (χ4v) is 1.62. The number of aromatic nitrogens is 2. The minimum absolute atomic E-state index is 0.368. The minimum atomic E-state index is -0.637. The molecule has 0 fully saturated rings. The molecule has 0 N–H and O–H groups in total. The lowest BCUT2D eigenvalue weighted by atomic mass is 10.1. The molecular formula is C12H6F2N2O. The highest BCUT2D eigenvalue weighted by molar-refractivity contribution is 5.72. The fourth-order valence-electron chi connectivity index (χ4n) is 1.62. The summed E-state index contributed by atoms with van der Waals surface area (Å²) >= 11 is 0. The van der Waals surface area contributed by atoms with Crippen molar-refractivity contribution in [2.24, 2.45) is 0 Å². The molecule has 0 radical (unpaired) electrons. The highest BCUT2D eigenvalue weighted by Crippen LogP contribution is 2.22. The summed E-state index contributed by atoms with van der Waals surface area (Å²) in [6.45, 7) is 0. The SMILES string of the molecule is Fc1cc(F)cc(-c2ccc3ocnc3n2)c1. The normalized spacial score (nSPS) is 10.9. The molecule has 1 aromatic carbocycles. The van der Waals surface area contributed by atoms with Gasteiger partial charge in [0.1, 0.15) is 11.6 Å². The summed E-state index contributed by atoms with van der Waals surface area (Å²) in [6.07, 6.45) is 1.27. The number of nitrogens with zero attached hydrogens (tertiary/aromatic N) is 2. The van der Waals surface area contributed by atoms with Crippen molar-refractivity contribution < 1.29 is 13.2 Å². The molecule has 0 saturated heterocycles. The lowest BCUT2D eigenvalue weighted by Crippen LogP contribution is -1.87. The zero-order valence-electron chi connectivity index (χ0n) is 8.52. The predicted molar refractivity (Wildman–Crippen MR) is 57.2 cm³/mol. The molecule has 0 spiro atoms. The van der Waals surface area contributed by atoms with E-state index < -0.39 is 11.6 Å². The third-order valence-electron chi connectivity index (χ3n) is 2.35. The van der Waals surface area contributed by atoms with E-state index in [4.69, 9.17) is 4.42 Å². The maximum absolute atomic E-state index is 13.1. The van der Waals surface area contributed by atoms with Gasteiger partial charge >= 0.3 is 0 Å². The van der Waals surface area contributed by atoms with E-state index in [1.165, 1.54) is 18.5 Å². The van der Waals surface area contributed by atoms with Crippen molar-refractivity contribution in [3.05, 3.63) is 48.4 Å². The van der Waals surface area contributed by atoms with Gasteiger partial charge in [0.05, 0.1) is 5.69 Å². The van der Waals surface area contributed by atoms with E-state index in [2.05, 4.69) is 9.97 Å². The minimum Gasteiger partial charge on any atom is -0.442 e. The average molecular weight is 232 g/mol. The van der Waals surface area contributed by atoms with Crippen molar-refractivity contribution in [1.29, 1.82) is 0 Å². The molecule has 0 amide bonds. The van der Waals surface area contributed by atoms with Crippen molar-refractivity contribution >= 4 is 11.2 Å². The van der Waals surface area contributed by atoms with Crippen LogP contribution in [0.1, 0.15) is 0 Å². The molecule has 2 aromatic heterocycles. The molecular weight excluding hydrogens is 226 g/mol. The Bertz CT molecular complexity index is 674. The van der Waals surface area contributed by atoms with Crippen LogP contribution in [0.15, 0.2) is 41.1 Å². The first-order valence-corrected chi connectivity index (χ1v) is 4.89. The molecule has 0 aliphatic heterocycles. The van der Waals surface area contributed by atoms with Gasteiger partial charge in [0.25, 0.3) is 0 Å². The molecule has 2 heterocycles. The Morgan fingerprint density at radius 1 is 1.00 bits per heavy atom. The third-order valence-corrected chi connectivity index (χ3v) is 2.35. The second kappa shape index (κ2) is 3.62. The molecule has 5 heteroatoms. The lowest BCUT2D eigenvalue weighted by molar-refractivity contribution is 0.584. The largest absolute Gasteiger partial charge is 0.442 e. The number of fused-ring (bicyclic) bond motifs is 1. The molecule has 3 rings (SSSR count). The van der Waals surface area contributed by atoms with Crippen molar-refractivity contribution in [2.45, 2.75) is 0 Å². The molecule has 0 aliphatic rings. The highest BCUT2D eigenvalue weighted by Gasteiger charge is 2.07. The molecule has 0 saturated carbocycles. The molecule has 3 nitrogen and oxygen atoms in total. The summed E-state index contributed by atoms with van der Waals surface area (Å²) in [5.74, 6) is -1.27. The molecule has 0 bridgehead atoms. The van der Waals surface area contributed by atoms with E-state index in [0.717, 1.165) is 6.07 Å². The van der Waals surface area contributed by atoms with Gasteiger partial charge in [-0.1, -0.05) is 0 Å². The van der Waals surface area contributed by atoms with Crippen LogP contribution in [0.5, 0.6) is 0 Å². The third kappa shape index (κ3) is 1.75. The first-order chi connectivity index (χ1) is 8.22. The zero-order chi connectivity index (χ0) is 11.8.